The number of halogens is 6. The van der Waals surface area contributed by atoms with Crippen LogP contribution in [0.25, 0.3) is 10.8 Å². The summed E-state index contributed by atoms with van der Waals surface area (Å²) >= 11 is 0. The number of rotatable bonds is 2. The largest absolute Gasteiger partial charge is 0.356 e. The van der Waals surface area contributed by atoms with Crippen molar-refractivity contribution in [1.82, 2.24) is 0 Å². The molecule has 1 nitrogen and oxygen atoms in total. The Balaban J connectivity index is 2.01. The third-order valence-electron chi connectivity index (χ3n) is 3.98. The molecular formula is C16H12F6N+. The summed E-state index contributed by atoms with van der Waals surface area (Å²) in [4.78, 5) is 0. The van der Waals surface area contributed by atoms with Gasteiger partial charge in [-0.15, -0.1) is 0 Å². The summed E-state index contributed by atoms with van der Waals surface area (Å²) in [6.07, 6.45) is -0.188. The van der Waals surface area contributed by atoms with Crippen molar-refractivity contribution in [1.29, 1.82) is 0 Å². The van der Waals surface area contributed by atoms with Crippen LogP contribution in [0.4, 0.5) is 26.3 Å². The van der Waals surface area contributed by atoms with Gasteiger partial charge in [0.2, 0.25) is 0 Å². The normalized spacial score (nSPS) is 28.9. The van der Waals surface area contributed by atoms with Gasteiger partial charge in [-0.2, -0.15) is 17.6 Å². The first-order chi connectivity index (χ1) is 10.7. The van der Waals surface area contributed by atoms with E-state index in [0.29, 0.717) is 5.39 Å². The number of aromatic nitrogens is 1. The topological polar surface area (TPSA) is 3.88 Å². The van der Waals surface area contributed by atoms with Crippen LogP contribution in [0.1, 0.15) is 0 Å². The van der Waals surface area contributed by atoms with Crippen LogP contribution in [0, 0.1) is 0 Å². The molecule has 1 aromatic carbocycles. The lowest BCUT2D eigenvalue weighted by atomic mass is 9.84. The van der Waals surface area contributed by atoms with Crippen molar-refractivity contribution in [2.24, 2.45) is 0 Å². The first-order valence-corrected chi connectivity index (χ1v) is 6.83. The average Bonchev–Trinajstić information content (AvgIpc) is 2.51. The number of alkyl halides is 6. The Kier molecular flexibility index (Phi) is 3.42. The molecule has 7 heteroatoms. The van der Waals surface area contributed by atoms with Crippen LogP contribution < -0.4 is 4.57 Å². The van der Waals surface area contributed by atoms with Crippen molar-refractivity contribution < 1.29 is 30.9 Å². The van der Waals surface area contributed by atoms with E-state index < -0.39 is 30.2 Å². The van der Waals surface area contributed by atoms with Gasteiger partial charge in [-0.3, -0.25) is 0 Å². The molecule has 3 rings (SSSR count). The first kappa shape index (κ1) is 15.8. The number of nitrogens with zero attached hydrogens (tertiary/aromatic N) is 1. The molecule has 0 saturated carbocycles. The lowest BCUT2D eigenvalue weighted by Gasteiger charge is -2.38. The van der Waals surface area contributed by atoms with Crippen LogP contribution in [0.5, 0.6) is 0 Å². The Hall–Kier alpha value is -2.05. The summed E-state index contributed by atoms with van der Waals surface area (Å²) in [5, 5.41) is 1.42. The van der Waals surface area contributed by atoms with Gasteiger partial charge in [0.1, 0.15) is 0 Å². The fraction of sp³-hybridized carbons (Fsp3) is 0.312. The average molecular weight is 332 g/mol. The third kappa shape index (κ3) is 2.29. The van der Waals surface area contributed by atoms with E-state index in [9.17, 15) is 26.3 Å². The molecule has 2 aromatic rings. The molecule has 1 aromatic heterocycles. The molecule has 0 radical (unpaired) electrons. The second kappa shape index (κ2) is 4.97. The van der Waals surface area contributed by atoms with Gasteiger partial charge >= 0.3 is 11.8 Å². The first-order valence-electron chi connectivity index (χ1n) is 6.83. The van der Waals surface area contributed by atoms with Gasteiger partial charge in [-0.1, -0.05) is 18.2 Å². The Labute approximate surface area is 127 Å². The quantitative estimate of drug-likeness (QED) is 0.444. The predicted molar refractivity (Wildman–Crippen MR) is 71.9 cm³/mol. The van der Waals surface area contributed by atoms with E-state index in [4.69, 9.17) is 0 Å². The van der Waals surface area contributed by atoms with Crippen molar-refractivity contribution in [2.45, 2.75) is 30.2 Å². The van der Waals surface area contributed by atoms with E-state index >= 15 is 0 Å². The zero-order valence-electron chi connectivity index (χ0n) is 11.7. The van der Waals surface area contributed by atoms with Crippen LogP contribution >= 0.6 is 0 Å². The Morgan fingerprint density at radius 2 is 1.61 bits per heavy atom. The van der Waals surface area contributed by atoms with E-state index in [1.807, 2.05) is 0 Å². The minimum atomic E-state index is -5.16. The third-order valence-corrected chi connectivity index (χ3v) is 3.98. The zero-order valence-corrected chi connectivity index (χ0v) is 11.7. The molecule has 0 bridgehead atoms. The summed E-state index contributed by atoms with van der Waals surface area (Å²) in [5.41, 5.74) is -3.69. The lowest BCUT2D eigenvalue weighted by molar-refractivity contribution is -0.709. The van der Waals surface area contributed by atoms with Gasteiger partial charge in [0.15, 0.2) is 25.1 Å². The molecule has 0 spiro atoms. The van der Waals surface area contributed by atoms with E-state index in [2.05, 4.69) is 0 Å². The fourth-order valence-electron chi connectivity index (χ4n) is 2.61. The number of hydrogen-bond donors (Lipinski definition) is 0. The molecule has 1 aliphatic carbocycles. The van der Waals surface area contributed by atoms with Crippen LogP contribution in [0.15, 0.2) is 54.9 Å². The molecule has 1 heterocycles. The lowest BCUT2D eigenvalue weighted by Crippen LogP contribution is -2.65. The summed E-state index contributed by atoms with van der Waals surface area (Å²) in [7, 11) is 0. The zero-order chi connectivity index (χ0) is 16.9. The molecule has 0 aliphatic heterocycles. The van der Waals surface area contributed by atoms with Crippen molar-refractivity contribution in [2.75, 3.05) is 0 Å². The molecule has 122 valence electrons. The number of hydrogen-bond acceptors (Lipinski definition) is 0. The van der Waals surface area contributed by atoms with E-state index in [1.54, 1.807) is 30.3 Å². The second-order valence-electron chi connectivity index (χ2n) is 5.57. The highest BCUT2D eigenvalue weighted by atomic mass is 19.3. The van der Waals surface area contributed by atoms with Crippen LogP contribution in [-0.2, 0) is 6.54 Å². The monoisotopic (exact) mass is 332 g/mol. The van der Waals surface area contributed by atoms with Gasteiger partial charge in [0.05, 0.1) is 0 Å². The van der Waals surface area contributed by atoms with Crippen LogP contribution in [0.2, 0.25) is 0 Å². The Bertz CT molecular complexity index is 772. The summed E-state index contributed by atoms with van der Waals surface area (Å²) in [5.74, 6) is -10.3. The SMILES string of the molecule is FC1C=CC(F)(C[n+]2ccc3ccccc3c2)C(F)(F)C1(F)F. The molecule has 2 unspecified atom stereocenters. The minimum absolute atomic E-state index is 0.152. The minimum Gasteiger partial charge on any atom is -0.236 e. The number of allylic oxidation sites excluding steroid dienone is 2. The highest BCUT2D eigenvalue weighted by molar-refractivity contribution is 5.80. The molecule has 2 atom stereocenters. The highest BCUT2D eigenvalue weighted by Gasteiger charge is 2.75. The highest BCUT2D eigenvalue weighted by Crippen LogP contribution is 2.51. The molecule has 1 aliphatic rings. The Morgan fingerprint density at radius 3 is 2.30 bits per heavy atom. The van der Waals surface area contributed by atoms with E-state index in [0.717, 1.165) is 9.95 Å². The van der Waals surface area contributed by atoms with Crippen LogP contribution in [-0.4, -0.2) is 23.7 Å². The van der Waals surface area contributed by atoms with Crippen LogP contribution in [0.3, 0.4) is 0 Å². The maximum Gasteiger partial charge on any atom is 0.356 e. The summed E-state index contributed by atoms with van der Waals surface area (Å²) in [6, 6.07) is 8.47. The molecule has 23 heavy (non-hydrogen) atoms. The molecule has 0 N–H and O–H groups in total. The fourth-order valence-corrected chi connectivity index (χ4v) is 2.61. The molecule has 0 fully saturated rings. The molecule has 0 amide bonds. The smallest absolute Gasteiger partial charge is 0.236 e. The second-order valence-corrected chi connectivity index (χ2v) is 5.57. The van der Waals surface area contributed by atoms with Gasteiger partial charge in [-0.25, -0.2) is 13.3 Å². The van der Waals surface area contributed by atoms with Gasteiger partial charge in [-0.05, 0) is 23.6 Å². The Morgan fingerprint density at radius 1 is 0.957 bits per heavy atom. The molecule has 0 saturated heterocycles. The number of pyridine rings is 1. The number of fused-ring (bicyclic) bond motifs is 1. The summed E-state index contributed by atoms with van der Waals surface area (Å²) < 4.78 is 83.2. The van der Waals surface area contributed by atoms with Gasteiger partial charge < -0.3 is 0 Å². The summed E-state index contributed by atoms with van der Waals surface area (Å²) in [6.45, 7) is -1.05. The predicted octanol–water partition coefficient (Wildman–Crippen LogP) is 4.01. The van der Waals surface area contributed by atoms with Crippen molar-refractivity contribution >= 4 is 10.8 Å². The van der Waals surface area contributed by atoms with E-state index in [-0.39, 0.29) is 12.2 Å². The van der Waals surface area contributed by atoms with Gasteiger partial charge in [0.25, 0.3) is 5.67 Å². The van der Waals surface area contributed by atoms with Crippen molar-refractivity contribution in [3.63, 3.8) is 0 Å². The maximum atomic E-state index is 14.6. The van der Waals surface area contributed by atoms with Crippen molar-refractivity contribution in [3.8, 4) is 0 Å². The molecular weight excluding hydrogens is 320 g/mol. The van der Waals surface area contributed by atoms with Gasteiger partial charge in [0, 0.05) is 11.5 Å². The number of benzene rings is 1. The van der Waals surface area contributed by atoms with E-state index in [1.165, 1.54) is 12.4 Å². The maximum absolute atomic E-state index is 14.6. The van der Waals surface area contributed by atoms with Crippen molar-refractivity contribution in [3.05, 3.63) is 54.9 Å². The standard InChI is InChI=1S/C16H12F6N/c17-13-5-7-14(18,16(21,22)15(13,19)20)10-23-8-6-11-3-1-2-4-12(11)9-23/h1-9,13H,10H2/q+1.